The summed E-state index contributed by atoms with van der Waals surface area (Å²) in [6.07, 6.45) is 2.58. The van der Waals surface area contributed by atoms with Crippen molar-refractivity contribution in [3.8, 4) is 17.3 Å². The fraction of sp³-hybridized carbons (Fsp3) is 0.333. The molecule has 2 atom stereocenters. The van der Waals surface area contributed by atoms with Crippen LogP contribution in [0.3, 0.4) is 0 Å². The number of benzene rings is 1. The van der Waals surface area contributed by atoms with Crippen molar-refractivity contribution >= 4 is 28.3 Å². The third-order valence-corrected chi connectivity index (χ3v) is 5.35. The van der Waals surface area contributed by atoms with Gasteiger partial charge >= 0.3 is 5.97 Å². The molecule has 0 bridgehead atoms. The van der Waals surface area contributed by atoms with Crippen LogP contribution in [-0.4, -0.2) is 22.0 Å². The topological polar surface area (TPSA) is 103 Å². The molecule has 1 heterocycles. The number of aromatic nitrogens is 1. The summed E-state index contributed by atoms with van der Waals surface area (Å²) in [5.74, 6) is -3.14. The van der Waals surface area contributed by atoms with Crippen LogP contribution in [0, 0.1) is 29.0 Å². The van der Waals surface area contributed by atoms with Crippen molar-refractivity contribution < 1.29 is 19.1 Å². The van der Waals surface area contributed by atoms with Gasteiger partial charge in [-0.3, -0.25) is 9.59 Å². The van der Waals surface area contributed by atoms with Crippen molar-refractivity contribution in [1.29, 1.82) is 5.26 Å². The van der Waals surface area contributed by atoms with Crippen LogP contribution in [0.15, 0.2) is 24.3 Å². The van der Waals surface area contributed by atoms with Gasteiger partial charge in [0, 0.05) is 5.56 Å². The van der Waals surface area contributed by atoms with E-state index in [-0.39, 0.29) is 10.0 Å². The zero-order valence-corrected chi connectivity index (χ0v) is 14.6. The number of thiazole rings is 1. The number of nitrogens with zero attached hydrogens (tertiary/aromatic N) is 2. The number of carboxylic acids is 1. The van der Waals surface area contributed by atoms with Crippen LogP contribution >= 0.6 is 11.3 Å². The van der Waals surface area contributed by atoms with Crippen LogP contribution < -0.4 is 5.32 Å². The Hall–Kier alpha value is -2.79. The number of aliphatic carboxylic acids is 1. The van der Waals surface area contributed by atoms with Crippen molar-refractivity contribution in [2.45, 2.75) is 25.7 Å². The number of carboxylic acid groups (broad SMARTS) is 1. The zero-order valence-electron chi connectivity index (χ0n) is 13.7. The fourth-order valence-corrected chi connectivity index (χ4v) is 4.01. The van der Waals surface area contributed by atoms with E-state index in [0.717, 1.165) is 24.2 Å². The molecular weight excluding hydrogens is 357 g/mol. The van der Waals surface area contributed by atoms with E-state index in [9.17, 15) is 24.3 Å². The van der Waals surface area contributed by atoms with Crippen LogP contribution in [0.4, 0.5) is 9.52 Å². The Kier molecular flexibility index (Phi) is 5.28. The Morgan fingerprint density at radius 1 is 1.31 bits per heavy atom. The molecule has 2 N–H and O–H groups in total. The molecule has 1 fully saturated rings. The number of nitriles is 1. The first-order valence-corrected chi connectivity index (χ1v) is 9.01. The largest absolute Gasteiger partial charge is 0.481 e. The highest BCUT2D eigenvalue weighted by Crippen LogP contribution is 2.34. The highest BCUT2D eigenvalue weighted by molar-refractivity contribution is 7.16. The summed E-state index contributed by atoms with van der Waals surface area (Å²) < 4.78 is 13.4. The minimum absolute atomic E-state index is 0.209. The number of hydrogen-bond acceptors (Lipinski definition) is 5. The summed E-state index contributed by atoms with van der Waals surface area (Å²) in [7, 11) is 0. The predicted octanol–water partition coefficient (Wildman–Crippen LogP) is 3.65. The number of hydrogen-bond donors (Lipinski definition) is 2. The number of rotatable bonds is 4. The monoisotopic (exact) mass is 373 g/mol. The van der Waals surface area contributed by atoms with Crippen molar-refractivity contribution in [3.05, 3.63) is 35.0 Å². The van der Waals surface area contributed by atoms with Gasteiger partial charge in [-0.15, -0.1) is 0 Å². The minimum atomic E-state index is -0.970. The van der Waals surface area contributed by atoms with Gasteiger partial charge in [-0.25, -0.2) is 9.37 Å². The molecule has 0 spiro atoms. The van der Waals surface area contributed by atoms with E-state index in [4.69, 9.17) is 0 Å². The normalized spacial score (nSPS) is 19.5. The standard InChI is InChI=1S/C18H16FN3O3S/c19-11-5-3-4-10(8-11)15-14(9-20)26-18(21-15)22-16(23)12-6-1-2-7-13(12)17(24)25/h3-5,8,12-13H,1-2,6-7H2,(H,24,25)(H,21,22,23)/t12-,13-/m0/s1. The molecule has 1 aliphatic rings. The number of carbonyl (C=O) groups excluding carboxylic acids is 1. The highest BCUT2D eigenvalue weighted by Gasteiger charge is 2.36. The SMILES string of the molecule is N#Cc1sc(NC(=O)[C@H]2CCCC[C@@H]2C(=O)O)nc1-c1cccc(F)c1. The average Bonchev–Trinajstić information content (AvgIpc) is 3.04. The van der Waals surface area contributed by atoms with Gasteiger partial charge in [0.05, 0.1) is 11.8 Å². The van der Waals surface area contributed by atoms with Crippen molar-refractivity contribution in [2.75, 3.05) is 5.32 Å². The number of halogens is 1. The molecule has 0 aliphatic heterocycles. The van der Waals surface area contributed by atoms with Gasteiger partial charge in [-0.2, -0.15) is 5.26 Å². The van der Waals surface area contributed by atoms with Crippen LogP contribution in [0.5, 0.6) is 0 Å². The second-order valence-electron chi connectivity index (χ2n) is 6.14. The average molecular weight is 373 g/mol. The molecule has 0 radical (unpaired) electrons. The van der Waals surface area contributed by atoms with E-state index < -0.39 is 29.5 Å². The van der Waals surface area contributed by atoms with E-state index in [1.54, 1.807) is 6.07 Å². The summed E-state index contributed by atoms with van der Waals surface area (Å²) in [6, 6.07) is 7.71. The van der Waals surface area contributed by atoms with Gasteiger partial charge < -0.3 is 10.4 Å². The lowest BCUT2D eigenvalue weighted by Gasteiger charge is -2.26. The molecule has 8 heteroatoms. The molecule has 0 saturated heterocycles. The maximum Gasteiger partial charge on any atom is 0.307 e. The quantitative estimate of drug-likeness (QED) is 0.851. The Balaban J connectivity index is 1.83. The molecule has 3 rings (SSSR count). The summed E-state index contributed by atoms with van der Waals surface area (Å²) in [5, 5.41) is 21.5. The highest BCUT2D eigenvalue weighted by atomic mass is 32.1. The first kappa shape index (κ1) is 18.0. The molecule has 1 amide bonds. The van der Waals surface area contributed by atoms with Gasteiger partial charge in [-0.1, -0.05) is 36.3 Å². The summed E-state index contributed by atoms with van der Waals surface area (Å²) in [5.41, 5.74) is 0.741. The van der Waals surface area contributed by atoms with Crippen LogP contribution in [0.2, 0.25) is 0 Å². The van der Waals surface area contributed by atoms with Crippen LogP contribution in [-0.2, 0) is 9.59 Å². The van der Waals surface area contributed by atoms with E-state index in [1.807, 2.05) is 6.07 Å². The fourth-order valence-electron chi connectivity index (χ4n) is 3.22. The van der Waals surface area contributed by atoms with Crippen molar-refractivity contribution in [3.63, 3.8) is 0 Å². The first-order chi connectivity index (χ1) is 12.5. The molecule has 2 aromatic rings. The predicted molar refractivity (Wildman–Crippen MR) is 93.9 cm³/mol. The van der Waals surface area contributed by atoms with Gasteiger partial charge in [0.1, 0.15) is 22.5 Å². The van der Waals surface area contributed by atoms with Gasteiger partial charge in [0.2, 0.25) is 5.91 Å². The third kappa shape index (κ3) is 3.73. The Morgan fingerprint density at radius 2 is 2.04 bits per heavy atom. The Labute approximate surface area is 153 Å². The van der Waals surface area contributed by atoms with E-state index in [0.29, 0.717) is 24.1 Å². The van der Waals surface area contributed by atoms with Gasteiger partial charge in [0.15, 0.2) is 5.13 Å². The number of carbonyl (C=O) groups is 2. The molecule has 1 aromatic carbocycles. The smallest absolute Gasteiger partial charge is 0.307 e. The second kappa shape index (κ2) is 7.62. The molecule has 1 saturated carbocycles. The molecule has 1 aromatic heterocycles. The Morgan fingerprint density at radius 3 is 2.69 bits per heavy atom. The second-order valence-corrected chi connectivity index (χ2v) is 7.14. The Bertz CT molecular complexity index is 890. The zero-order chi connectivity index (χ0) is 18.7. The van der Waals surface area contributed by atoms with Crippen LogP contribution in [0.1, 0.15) is 30.6 Å². The van der Waals surface area contributed by atoms with E-state index >= 15 is 0 Å². The third-order valence-electron chi connectivity index (χ3n) is 4.48. The molecule has 6 nitrogen and oxygen atoms in total. The molecule has 26 heavy (non-hydrogen) atoms. The molecule has 0 unspecified atom stereocenters. The molecule has 1 aliphatic carbocycles. The lowest BCUT2D eigenvalue weighted by molar-refractivity contribution is -0.147. The molecular formula is C18H16FN3O3S. The lowest BCUT2D eigenvalue weighted by atomic mass is 9.79. The maximum absolute atomic E-state index is 13.4. The van der Waals surface area contributed by atoms with Crippen molar-refractivity contribution in [2.24, 2.45) is 11.8 Å². The number of amides is 1. The summed E-state index contributed by atoms with van der Waals surface area (Å²) in [6.45, 7) is 0. The van der Waals surface area contributed by atoms with Crippen molar-refractivity contribution in [1.82, 2.24) is 4.98 Å². The number of nitrogens with one attached hydrogen (secondary N) is 1. The van der Waals surface area contributed by atoms with E-state index in [1.165, 1.54) is 18.2 Å². The number of anilines is 1. The summed E-state index contributed by atoms with van der Waals surface area (Å²) >= 11 is 0.988. The maximum atomic E-state index is 13.4. The molecule has 134 valence electrons. The van der Waals surface area contributed by atoms with E-state index in [2.05, 4.69) is 10.3 Å². The minimum Gasteiger partial charge on any atom is -0.481 e. The van der Waals surface area contributed by atoms with Crippen LogP contribution in [0.25, 0.3) is 11.3 Å². The summed E-state index contributed by atoms with van der Waals surface area (Å²) in [4.78, 5) is 28.4. The van der Waals surface area contributed by atoms with Gasteiger partial charge in [0.25, 0.3) is 0 Å². The first-order valence-electron chi connectivity index (χ1n) is 8.20. The lowest BCUT2D eigenvalue weighted by Crippen LogP contribution is -2.36. The van der Waals surface area contributed by atoms with Gasteiger partial charge in [-0.05, 0) is 25.0 Å².